The van der Waals surface area contributed by atoms with Crippen molar-refractivity contribution in [1.29, 1.82) is 0 Å². The van der Waals surface area contributed by atoms with Crippen LogP contribution in [0.1, 0.15) is 11.1 Å². The highest BCUT2D eigenvalue weighted by atomic mass is 79.9. The maximum absolute atomic E-state index is 5.53. The number of hydrogen-bond acceptors (Lipinski definition) is 4. The third-order valence-electron chi connectivity index (χ3n) is 5.36. The van der Waals surface area contributed by atoms with E-state index in [1.807, 2.05) is 24.3 Å². The standard InChI is InChI=1S/C26H24Br2N2O2/c1-31-25-13-19(27)9-7-17(25)15-29-23-11-12-24(22-6-4-3-5-21(22)23)30-16-18-8-10-20(28)14-26(18)32-2/h3-14,29-30H,15-16H2,1-2H3. The van der Waals surface area contributed by atoms with Gasteiger partial charge in [-0.2, -0.15) is 0 Å². The summed E-state index contributed by atoms with van der Waals surface area (Å²) < 4.78 is 13.1. The number of methoxy groups -OCH3 is 2. The normalized spacial score (nSPS) is 10.8. The molecule has 0 spiro atoms. The van der Waals surface area contributed by atoms with Crippen LogP contribution in [0.3, 0.4) is 0 Å². The van der Waals surface area contributed by atoms with Crippen molar-refractivity contribution in [2.24, 2.45) is 0 Å². The Hall–Kier alpha value is -2.70. The highest BCUT2D eigenvalue weighted by Crippen LogP contribution is 2.32. The molecule has 0 aliphatic carbocycles. The first-order chi connectivity index (χ1) is 15.6. The highest BCUT2D eigenvalue weighted by Gasteiger charge is 2.09. The van der Waals surface area contributed by atoms with E-state index in [0.717, 1.165) is 53.7 Å². The molecule has 0 amide bonds. The number of nitrogens with one attached hydrogen (secondary N) is 2. The predicted octanol–water partition coefficient (Wildman–Crippen LogP) is 7.61. The Bertz CT molecular complexity index is 1150. The lowest BCUT2D eigenvalue weighted by molar-refractivity contribution is 0.410. The van der Waals surface area contributed by atoms with Crippen LogP contribution in [0.4, 0.5) is 11.4 Å². The summed E-state index contributed by atoms with van der Waals surface area (Å²) in [4.78, 5) is 0. The Morgan fingerprint density at radius 2 is 1.06 bits per heavy atom. The lowest BCUT2D eigenvalue weighted by Gasteiger charge is -2.16. The Labute approximate surface area is 205 Å². The van der Waals surface area contributed by atoms with E-state index < -0.39 is 0 Å². The summed E-state index contributed by atoms with van der Waals surface area (Å²) in [6.45, 7) is 1.34. The van der Waals surface area contributed by atoms with Crippen LogP contribution in [-0.2, 0) is 13.1 Å². The Balaban J connectivity index is 1.57. The average molecular weight is 556 g/mol. The first-order valence-corrected chi connectivity index (χ1v) is 11.8. The zero-order valence-corrected chi connectivity index (χ0v) is 21.1. The van der Waals surface area contributed by atoms with Crippen molar-refractivity contribution >= 4 is 54.0 Å². The Kier molecular flexibility index (Phi) is 7.22. The summed E-state index contributed by atoms with van der Waals surface area (Å²) >= 11 is 7.00. The van der Waals surface area contributed by atoms with E-state index in [4.69, 9.17) is 9.47 Å². The highest BCUT2D eigenvalue weighted by molar-refractivity contribution is 9.10. The zero-order valence-electron chi connectivity index (χ0n) is 17.9. The molecule has 0 bridgehead atoms. The quantitative estimate of drug-likeness (QED) is 0.235. The van der Waals surface area contributed by atoms with Gasteiger partial charge in [-0.05, 0) is 36.4 Å². The minimum atomic E-state index is 0.670. The van der Waals surface area contributed by atoms with Crippen LogP contribution in [0.25, 0.3) is 10.8 Å². The lowest BCUT2D eigenvalue weighted by atomic mass is 10.1. The molecule has 0 saturated carbocycles. The van der Waals surface area contributed by atoms with Gasteiger partial charge in [0.05, 0.1) is 14.2 Å². The number of fused-ring (bicyclic) bond motifs is 1. The van der Waals surface area contributed by atoms with E-state index in [1.165, 1.54) is 0 Å². The molecule has 4 aromatic rings. The zero-order chi connectivity index (χ0) is 22.5. The maximum Gasteiger partial charge on any atom is 0.124 e. The summed E-state index contributed by atoms with van der Waals surface area (Å²) in [6, 6.07) is 24.8. The van der Waals surface area contributed by atoms with Crippen molar-refractivity contribution in [3.05, 3.63) is 92.9 Å². The second-order valence-corrected chi connectivity index (χ2v) is 9.16. The van der Waals surface area contributed by atoms with Gasteiger partial charge in [0.1, 0.15) is 11.5 Å². The number of ether oxygens (including phenoxy) is 2. The summed E-state index contributed by atoms with van der Waals surface area (Å²) in [5.41, 5.74) is 4.36. The molecule has 0 radical (unpaired) electrons. The van der Waals surface area contributed by atoms with Crippen LogP contribution < -0.4 is 20.1 Å². The molecular weight excluding hydrogens is 532 g/mol. The lowest BCUT2D eigenvalue weighted by Crippen LogP contribution is -2.04. The van der Waals surface area contributed by atoms with E-state index in [0.29, 0.717) is 13.1 Å². The van der Waals surface area contributed by atoms with Crippen LogP contribution in [-0.4, -0.2) is 14.2 Å². The molecular formula is C26H24Br2N2O2. The minimum Gasteiger partial charge on any atom is -0.496 e. The molecule has 0 atom stereocenters. The van der Waals surface area contributed by atoms with E-state index in [-0.39, 0.29) is 0 Å². The molecule has 2 N–H and O–H groups in total. The molecule has 0 aromatic heterocycles. The molecule has 6 heteroatoms. The fourth-order valence-electron chi connectivity index (χ4n) is 3.72. The molecule has 0 aliphatic rings. The van der Waals surface area contributed by atoms with Gasteiger partial charge in [0.2, 0.25) is 0 Å². The molecule has 164 valence electrons. The van der Waals surface area contributed by atoms with E-state index in [2.05, 4.69) is 91.0 Å². The van der Waals surface area contributed by atoms with Gasteiger partial charge >= 0.3 is 0 Å². The molecule has 0 unspecified atom stereocenters. The van der Waals surface area contributed by atoms with Gasteiger partial charge in [0.25, 0.3) is 0 Å². The largest absolute Gasteiger partial charge is 0.496 e. The molecule has 0 saturated heterocycles. The van der Waals surface area contributed by atoms with E-state index >= 15 is 0 Å². The van der Waals surface area contributed by atoms with Crippen LogP contribution >= 0.6 is 31.9 Å². The van der Waals surface area contributed by atoms with E-state index in [9.17, 15) is 0 Å². The Morgan fingerprint density at radius 3 is 1.47 bits per heavy atom. The predicted molar refractivity (Wildman–Crippen MR) is 140 cm³/mol. The second kappa shape index (κ2) is 10.3. The third-order valence-corrected chi connectivity index (χ3v) is 6.35. The average Bonchev–Trinajstić information content (AvgIpc) is 2.82. The summed E-state index contributed by atoms with van der Waals surface area (Å²) in [5.74, 6) is 1.72. The number of halogens is 2. The summed E-state index contributed by atoms with van der Waals surface area (Å²) in [5, 5.41) is 9.48. The fraction of sp³-hybridized carbons (Fsp3) is 0.154. The van der Waals surface area contributed by atoms with Gasteiger partial charge in [-0.1, -0.05) is 68.3 Å². The van der Waals surface area contributed by atoms with Crippen molar-refractivity contribution in [3.8, 4) is 11.5 Å². The van der Waals surface area contributed by atoms with Gasteiger partial charge in [-0.25, -0.2) is 0 Å². The van der Waals surface area contributed by atoms with Crippen LogP contribution in [0, 0.1) is 0 Å². The first-order valence-electron chi connectivity index (χ1n) is 10.2. The second-order valence-electron chi connectivity index (χ2n) is 7.33. The molecule has 32 heavy (non-hydrogen) atoms. The smallest absolute Gasteiger partial charge is 0.124 e. The molecule has 0 aliphatic heterocycles. The van der Waals surface area contributed by atoms with Gasteiger partial charge in [-0.15, -0.1) is 0 Å². The molecule has 4 aromatic carbocycles. The number of hydrogen-bond donors (Lipinski definition) is 2. The van der Waals surface area contributed by atoms with Gasteiger partial charge in [-0.3, -0.25) is 0 Å². The third kappa shape index (κ3) is 5.03. The number of benzene rings is 4. The minimum absolute atomic E-state index is 0.670. The van der Waals surface area contributed by atoms with Gasteiger partial charge < -0.3 is 20.1 Å². The maximum atomic E-state index is 5.53. The van der Waals surface area contributed by atoms with Crippen molar-refractivity contribution < 1.29 is 9.47 Å². The van der Waals surface area contributed by atoms with Crippen molar-refractivity contribution in [3.63, 3.8) is 0 Å². The summed E-state index contributed by atoms with van der Waals surface area (Å²) in [7, 11) is 3.39. The SMILES string of the molecule is COc1cc(Br)ccc1CNc1ccc(NCc2ccc(Br)cc2OC)c2ccccc12. The Morgan fingerprint density at radius 1 is 0.625 bits per heavy atom. The van der Waals surface area contributed by atoms with Crippen molar-refractivity contribution in [2.45, 2.75) is 13.1 Å². The van der Waals surface area contributed by atoms with Crippen LogP contribution in [0.5, 0.6) is 11.5 Å². The van der Waals surface area contributed by atoms with Crippen LogP contribution in [0.2, 0.25) is 0 Å². The molecule has 0 heterocycles. The molecule has 0 fully saturated rings. The topological polar surface area (TPSA) is 42.5 Å². The fourth-order valence-corrected chi connectivity index (χ4v) is 4.40. The van der Waals surface area contributed by atoms with Crippen molar-refractivity contribution in [1.82, 2.24) is 0 Å². The molecule has 4 rings (SSSR count). The number of anilines is 2. The molecule has 4 nitrogen and oxygen atoms in total. The van der Waals surface area contributed by atoms with Crippen LogP contribution in [0.15, 0.2) is 81.7 Å². The van der Waals surface area contributed by atoms with Gasteiger partial charge in [0, 0.05) is 55.3 Å². The monoisotopic (exact) mass is 554 g/mol. The summed E-state index contributed by atoms with van der Waals surface area (Å²) in [6.07, 6.45) is 0. The van der Waals surface area contributed by atoms with Gasteiger partial charge in [0.15, 0.2) is 0 Å². The van der Waals surface area contributed by atoms with E-state index in [1.54, 1.807) is 14.2 Å². The van der Waals surface area contributed by atoms with Crippen molar-refractivity contribution in [2.75, 3.05) is 24.9 Å². The number of rotatable bonds is 8. The first kappa shape index (κ1) is 22.5.